The molecule has 0 bridgehead atoms. The zero-order valence-electron chi connectivity index (χ0n) is 10.1. The van der Waals surface area contributed by atoms with E-state index in [1.54, 1.807) is 4.68 Å². The second-order valence-corrected chi connectivity index (χ2v) is 4.10. The minimum Gasteiger partial charge on any atom is -0.481 e. The number of nitrogens with zero attached hydrogens (tertiary/aromatic N) is 3. The average Bonchev–Trinajstić information content (AvgIpc) is 2.60. The standard InChI is InChI=1S/C11H19N3O2/c1-4-10(5-11(15)16)13(2)7-9-6-12-14(3)8-9/h6,8,10H,4-5,7H2,1-3H3,(H,15,16). The molecule has 0 aliphatic heterocycles. The van der Waals surface area contributed by atoms with E-state index in [0.29, 0.717) is 0 Å². The van der Waals surface area contributed by atoms with Gasteiger partial charge < -0.3 is 5.11 Å². The Kier molecular flexibility index (Phi) is 4.49. The van der Waals surface area contributed by atoms with Crippen molar-refractivity contribution in [3.63, 3.8) is 0 Å². The van der Waals surface area contributed by atoms with Crippen LogP contribution >= 0.6 is 0 Å². The zero-order valence-corrected chi connectivity index (χ0v) is 10.1. The van der Waals surface area contributed by atoms with Gasteiger partial charge in [-0.05, 0) is 13.5 Å². The summed E-state index contributed by atoms with van der Waals surface area (Å²) in [6.45, 7) is 2.74. The number of aryl methyl sites for hydroxylation is 1. The number of carbonyl (C=O) groups is 1. The average molecular weight is 225 g/mol. The van der Waals surface area contributed by atoms with Crippen LogP contribution in [0.15, 0.2) is 12.4 Å². The van der Waals surface area contributed by atoms with Crippen molar-refractivity contribution >= 4 is 5.97 Å². The van der Waals surface area contributed by atoms with E-state index >= 15 is 0 Å². The van der Waals surface area contributed by atoms with Crippen molar-refractivity contribution in [2.45, 2.75) is 32.4 Å². The summed E-state index contributed by atoms with van der Waals surface area (Å²) in [5.41, 5.74) is 1.11. The predicted octanol–water partition coefficient (Wildman–Crippen LogP) is 1.11. The molecule has 0 fully saturated rings. The Morgan fingerprint density at radius 2 is 2.38 bits per heavy atom. The summed E-state index contributed by atoms with van der Waals surface area (Å²) >= 11 is 0. The second kappa shape index (κ2) is 5.65. The summed E-state index contributed by atoms with van der Waals surface area (Å²) < 4.78 is 1.75. The first-order valence-corrected chi connectivity index (χ1v) is 5.42. The van der Waals surface area contributed by atoms with Gasteiger partial charge in [0.2, 0.25) is 0 Å². The molecule has 0 amide bonds. The number of hydrogen-bond acceptors (Lipinski definition) is 3. The molecule has 16 heavy (non-hydrogen) atoms. The van der Waals surface area contributed by atoms with E-state index in [4.69, 9.17) is 5.11 Å². The Bertz CT molecular complexity index is 349. The summed E-state index contributed by atoms with van der Waals surface area (Å²) in [4.78, 5) is 12.7. The van der Waals surface area contributed by atoms with Gasteiger partial charge in [0.05, 0.1) is 12.6 Å². The SMILES string of the molecule is CCC(CC(=O)O)N(C)Cc1cnn(C)c1. The van der Waals surface area contributed by atoms with E-state index in [-0.39, 0.29) is 12.5 Å². The van der Waals surface area contributed by atoms with Crippen LogP contribution < -0.4 is 0 Å². The van der Waals surface area contributed by atoms with E-state index in [0.717, 1.165) is 18.5 Å². The van der Waals surface area contributed by atoms with Crippen LogP contribution in [0.1, 0.15) is 25.3 Å². The van der Waals surface area contributed by atoms with E-state index < -0.39 is 5.97 Å². The summed E-state index contributed by atoms with van der Waals surface area (Å²) in [5.74, 6) is -0.745. The lowest BCUT2D eigenvalue weighted by Gasteiger charge is -2.25. The number of hydrogen-bond donors (Lipinski definition) is 1. The summed E-state index contributed by atoms with van der Waals surface area (Å²) in [6, 6.07) is 0.0812. The fourth-order valence-corrected chi connectivity index (χ4v) is 1.78. The van der Waals surface area contributed by atoms with Crippen LogP contribution in [-0.4, -0.2) is 38.8 Å². The van der Waals surface area contributed by atoms with Crippen LogP contribution in [0.3, 0.4) is 0 Å². The molecule has 5 heteroatoms. The van der Waals surface area contributed by atoms with Crippen LogP contribution in [0.2, 0.25) is 0 Å². The van der Waals surface area contributed by atoms with E-state index in [1.165, 1.54) is 0 Å². The third-order valence-corrected chi connectivity index (χ3v) is 2.70. The quantitative estimate of drug-likeness (QED) is 0.787. The maximum atomic E-state index is 10.7. The molecule has 0 aliphatic carbocycles. The highest BCUT2D eigenvalue weighted by Crippen LogP contribution is 2.11. The van der Waals surface area contributed by atoms with Gasteiger partial charge in [-0.1, -0.05) is 6.92 Å². The molecule has 0 saturated carbocycles. The smallest absolute Gasteiger partial charge is 0.304 e. The molecule has 5 nitrogen and oxygen atoms in total. The first-order valence-electron chi connectivity index (χ1n) is 5.42. The Morgan fingerprint density at radius 1 is 1.69 bits per heavy atom. The van der Waals surface area contributed by atoms with E-state index in [2.05, 4.69) is 10.00 Å². The number of aliphatic carboxylic acids is 1. The molecule has 1 aromatic rings. The number of aromatic nitrogens is 2. The maximum absolute atomic E-state index is 10.7. The molecule has 1 N–H and O–H groups in total. The minimum absolute atomic E-state index is 0.0812. The normalized spacial score (nSPS) is 13.0. The molecular weight excluding hydrogens is 206 g/mol. The van der Waals surface area contributed by atoms with Gasteiger partial charge in [0.25, 0.3) is 0 Å². The largest absolute Gasteiger partial charge is 0.481 e. The number of rotatable bonds is 6. The van der Waals surface area contributed by atoms with Crippen LogP contribution in [0.4, 0.5) is 0 Å². The van der Waals surface area contributed by atoms with Gasteiger partial charge in [0.1, 0.15) is 0 Å². The molecule has 1 rings (SSSR count). The van der Waals surface area contributed by atoms with Gasteiger partial charge in [-0.15, -0.1) is 0 Å². The van der Waals surface area contributed by atoms with Crippen molar-refractivity contribution in [2.75, 3.05) is 7.05 Å². The van der Waals surface area contributed by atoms with Crippen LogP contribution in [-0.2, 0) is 18.4 Å². The Labute approximate surface area is 95.7 Å². The summed E-state index contributed by atoms with van der Waals surface area (Å²) in [7, 11) is 3.82. The number of carboxylic acids is 1. The van der Waals surface area contributed by atoms with Gasteiger partial charge in [-0.2, -0.15) is 5.10 Å². The molecule has 0 spiro atoms. The van der Waals surface area contributed by atoms with Crippen molar-refractivity contribution in [1.29, 1.82) is 0 Å². The van der Waals surface area contributed by atoms with Crippen LogP contribution in [0.5, 0.6) is 0 Å². The lowest BCUT2D eigenvalue weighted by atomic mass is 10.1. The second-order valence-electron chi connectivity index (χ2n) is 4.10. The molecule has 0 aromatic carbocycles. The highest BCUT2D eigenvalue weighted by molar-refractivity contribution is 5.67. The lowest BCUT2D eigenvalue weighted by molar-refractivity contribution is -0.138. The molecule has 0 aliphatic rings. The third-order valence-electron chi connectivity index (χ3n) is 2.70. The molecule has 1 aromatic heterocycles. The molecule has 1 unspecified atom stereocenters. The highest BCUT2D eigenvalue weighted by Gasteiger charge is 2.16. The van der Waals surface area contributed by atoms with Gasteiger partial charge in [-0.3, -0.25) is 14.4 Å². The summed E-state index contributed by atoms with van der Waals surface area (Å²) in [5, 5.41) is 12.9. The monoisotopic (exact) mass is 225 g/mol. The van der Waals surface area contributed by atoms with Crippen LogP contribution in [0.25, 0.3) is 0 Å². The third kappa shape index (κ3) is 3.66. The molecule has 0 radical (unpaired) electrons. The first-order chi connectivity index (χ1) is 7.52. The Hall–Kier alpha value is -1.36. The molecule has 1 heterocycles. The topological polar surface area (TPSA) is 58.4 Å². The zero-order chi connectivity index (χ0) is 12.1. The van der Waals surface area contributed by atoms with Gasteiger partial charge in [-0.25, -0.2) is 0 Å². The highest BCUT2D eigenvalue weighted by atomic mass is 16.4. The van der Waals surface area contributed by atoms with Crippen LogP contribution in [0, 0.1) is 0 Å². The summed E-state index contributed by atoms with van der Waals surface area (Å²) in [6.07, 6.45) is 4.78. The van der Waals surface area contributed by atoms with Gasteiger partial charge in [0, 0.05) is 31.4 Å². The lowest BCUT2D eigenvalue weighted by Crippen LogP contribution is -2.32. The minimum atomic E-state index is -0.745. The number of carboxylic acid groups (broad SMARTS) is 1. The van der Waals surface area contributed by atoms with Crippen molar-refractivity contribution in [1.82, 2.24) is 14.7 Å². The van der Waals surface area contributed by atoms with E-state index in [1.807, 2.05) is 33.4 Å². The molecule has 0 saturated heterocycles. The first kappa shape index (κ1) is 12.7. The molecule has 90 valence electrons. The van der Waals surface area contributed by atoms with Gasteiger partial charge in [0.15, 0.2) is 0 Å². The van der Waals surface area contributed by atoms with Crippen molar-refractivity contribution in [3.8, 4) is 0 Å². The fourth-order valence-electron chi connectivity index (χ4n) is 1.78. The van der Waals surface area contributed by atoms with Crippen molar-refractivity contribution in [3.05, 3.63) is 18.0 Å². The molecular formula is C11H19N3O2. The Morgan fingerprint density at radius 3 is 2.81 bits per heavy atom. The molecule has 1 atom stereocenters. The predicted molar refractivity (Wildman–Crippen MR) is 61.0 cm³/mol. The fraction of sp³-hybridized carbons (Fsp3) is 0.636. The van der Waals surface area contributed by atoms with Gasteiger partial charge >= 0.3 is 5.97 Å². The Balaban J connectivity index is 2.55. The van der Waals surface area contributed by atoms with Crippen molar-refractivity contribution in [2.24, 2.45) is 7.05 Å². The van der Waals surface area contributed by atoms with E-state index in [9.17, 15) is 4.79 Å². The van der Waals surface area contributed by atoms with Crippen molar-refractivity contribution < 1.29 is 9.90 Å². The maximum Gasteiger partial charge on any atom is 0.304 e.